The Morgan fingerprint density at radius 1 is 0.929 bits per heavy atom. The van der Waals surface area contributed by atoms with Crippen molar-refractivity contribution in [3.05, 3.63) is 65.2 Å². The van der Waals surface area contributed by atoms with Crippen molar-refractivity contribution in [1.82, 2.24) is 5.32 Å². The average Bonchev–Trinajstić information content (AvgIpc) is 2.66. The van der Waals surface area contributed by atoms with Gasteiger partial charge in [-0.15, -0.1) is 0 Å². The van der Waals surface area contributed by atoms with Gasteiger partial charge in [0.1, 0.15) is 6.04 Å². The minimum Gasteiger partial charge on any atom is -0.462 e. The number of rotatable bonds is 7. The van der Waals surface area contributed by atoms with Crippen LogP contribution in [0.2, 0.25) is 0 Å². The Balaban J connectivity index is 2.05. The zero-order valence-corrected chi connectivity index (χ0v) is 16.6. The van der Waals surface area contributed by atoms with E-state index >= 15 is 0 Å². The van der Waals surface area contributed by atoms with Crippen molar-refractivity contribution < 1.29 is 19.1 Å². The molecule has 6 heteroatoms. The molecule has 0 spiro atoms. The molecule has 0 radical (unpaired) electrons. The van der Waals surface area contributed by atoms with E-state index < -0.39 is 12.0 Å². The molecule has 2 rings (SSSR count). The highest BCUT2D eigenvalue weighted by Gasteiger charge is 2.25. The Kier molecular flexibility index (Phi) is 7.32. The topological polar surface area (TPSA) is 84.5 Å². The van der Waals surface area contributed by atoms with Gasteiger partial charge in [-0.3, -0.25) is 9.59 Å². The third-order valence-corrected chi connectivity index (χ3v) is 4.21. The van der Waals surface area contributed by atoms with Crippen molar-refractivity contribution >= 4 is 23.5 Å². The van der Waals surface area contributed by atoms with Gasteiger partial charge >= 0.3 is 5.97 Å². The number of nitrogens with one attached hydrogen (secondary N) is 2. The molecular formula is C22H26N2O4. The third-order valence-electron chi connectivity index (χ3n) is 4.21. The summed E-state index contributed by atoms with van der Waals surface area (Å²) in [7, 11) is 0. The number of hydrogen-bond donors (Lipinski definition) is 2. The van der Waals surface area contributed by atoms with Crippen LogP contribution in [-0.2, 0) is 9.53 Å². The van der Waals surface area contributed by atoms with Crippen molar-refractivity contribution in [2.24, 2.45) is 5.92 Å². The zero-order chi connectivity index (χ0) is 20.7. The largest absolute Gasteiger partial charge is 0.462 e. The molecule has 2 amide bonds. The highest BCUT2D eigenvalue weighted by atomic mass is 16.5. The van der Waals surface area contributed by atoms with Crippen LogP contribution in [0.3, 0.4) is 0 Å². The molecule has 0 aliphatic heterocycles. The van der Waals surface area contributed by atoms with Crippen molar-refractivity contribution in [3.8, 4) is 0 Å². The van der Waals surface area contributed by atoms with E-state index in [1.807, 2.05) is 32.9 Å². The fraction of sp³-hybridized carbons (Fsp3) is 0.318. The molecule has 2 N–H and O–H groups in total. The fourth-order valence-electron chi connectivity index (χ4n) is 2.59. The van der Waals surface area contributed by atoms with Crippen LogP contribution in [0, 0.1) is 12.8 Å². The van der Waals surface area contributed by atoms with Crippen molar-refractivity contribution in [1.29, 1.82) is 0 Å². The van der Waals surface area contributed by atoms with Gasteiger partial charge in [-0.05, 0) is 56.2 Å². The van der Waals surface area contributed by atoms with E-state index in [1.54, 1.807) is 43.3 Å². The van der Waals surface area contributed by atoms with Gasteiger partial charge in [0.2, 0.25) is 5.91 Å². The van der Waals surface area contributed by atoms with Crippen LogP contribution in [-0.4, -0.2) is 30.4 Å². The number of carbonyl (C=O) groups is 3. The smallest absolute Gasteiger partial charge is 0.338 e. The van der Waals surface area contributed by atoms with E-state index in [4.69, 9.17) is 4.74 Å². The SMILES string of the molecule is CCOC(=O)c1ccc(NC(=O)C(NC(=O)c2ccc(C)cc2)C(C)C)cc1. The van der Waals surface area contributed by atoms with Crippen LogP contribution in [0.4, 0.5) is 5.69 Å². The Bertz CT molecular complexity index is 827. The minimum atomic E-state index is -0.696. The summed E-state index contributed by atoms with van der Waals surface area (Å²) in [4.78, 5) is 36.8. The first-order valence-electron chi connectivity index (χ1n) is 9.27. The van der Waals surface area contributed by atoms with E-state index in [9.17, 15) is 14.4 Å². The summed E-state index contributed by atoms with van der Waals surface area (Å²) < 4.78 is 4.94. The normalized spacial score (nSPS) is 11.6. The lowest BCUT2D eigenvalue weighted by atomic mass is 10.0. The predicted octanol–water partition coefficient (Wildman–Crippen LogP) is 3.56. The Labute approximate surface area is 165 Å². The van der Waals surface area contributed by atoms with Gasteiger partial charge in [0.15, 0.2) is 0 Å². The maximum Gasteiger partial charge on any atom is 0.338 e. The molecule has 148 valence electrons. The number of esters is 1. The first-order valence-corrected chi connectivity index (χ1v) is 9.27. The van der Waals surface area contributed by atoms with E-state index in [-0.39, 0.29) is 17.7 Å². The van der Waals surface area contributed by atoms with Crippen molar-refractivity contribution in [2.45, 2.75) is 33.7 Å². The second-order valence-corrected chi connectivity index (χ2v) is 6.85. The van der Waals surface area contributed by atoms with Crippen LogP contribution in [0.1, 0.15) is 47.1 Å². The summed E-state index contributed by atoms with van der Waals surface area (Å²) in [6, 6.07) is 12.9. The Morgan fingerprint density at radius 2 is 1.50 bits per heavy atom. The second kappa shape index (κ2) is 9.69. The lowest BCUT2D eigenvalue weighted by Crippen LogP contribution is -2.47. The lowest BCUT2D eigenvalue weighted by Gasteiger charge is -2.22. The first-order chi connectivity index (χ1) is 13.3. The van der Waals surface area contributed by atoms with E-state index in [0.29, 0.717) is 23.4 Å². The molecule has 0 aliphatic carbocycles. The van der Waals surface area contributed by atoms with Crippen LogP contribution in [0.5, 0.6) is 0 Å². The number of aryl methyl sites for hydroxylation is 1. The number of hydrogen-bond acceptors (Lipinski definition) is 4. The van der Waals surface area contributed by atoms with Crippen molar-refractivity contribution in [2.75, 3.05) is 11.9 Å². The van der Waals surface area contributed by atoms with Gasteiger partial charge in [0, 0.05) is 11.3 Å². The van der Waals surface area contributed by atoms with E-state index in [0.717, 1.165) is 5.56 Å². The van der Waals surface area contributed by atoms with Gasteiger partial charge in [-0.1, -0.05) is 31.5 Å². The molecule has 2 aromatic carbocycles. The monoisotopic (exact) mass is 382 g/mol. The lowest BCUT2D eigenvalue weighted by molar-refractivity contribution is -0.118. The molecule has 0 fully saturated rings. The molecule has 0 aliphatic rings. The fourth-order valence-corrected chi connectivity index (χ4v) is 2.59. The summed E-state index contributed by atoms with van der Waals surface area (Å²) in [6.45, 7) is 7.71. The van der Waals surface area contributed by atoms with E-state index in [2.05, 4.69) is 10.6 Å². The molecule has 28 heavy (non-hydrogen) atoms. The van der Waals surface area contributed by atoms with Gasteiger partial charge in [0.05, 0.1) is 12.2 Å². The number of benzene rings is 2. The second-order valence-electron chi connectivity index (χ2n) is 6.85. The summed E-state index contributed by atoms with van der Waals surface area (Å²) in [5.41, 5.74) is 2.50. The number of amides is 2. The minimum absolute atomic E-state index is 0.104. The maximum atomic E-state index is 12.7. The van der Waals surface area contributed by atoms with Crippen LogP contribution in [0.25, 0.3) is 0 Å². The quantitative estimate of drug-likeness (QED) is 0.717. The predicted molar refractivity (Wildman–Crippen MR) is 108 cm³/mol. The number of ether oxygens (including phenoxy) is 1. The standard InChI is InChI=1S/C22H26N2O4/c1-5-28-22(27)17-10-12-18(13-11-17)23-21(26)19(14(2)3)24-20(25)16-8-6-15(4)7-9-16/h6-14,19H,5H2,1-4H3,(H,23,26)(H,24,25). The maximum absolute atomic E-state index is 12.7. The number of anilines is 1. The van der Waals surface area contributed by atoms with Gasteiger partial charge in [-0.25, -0.2) is 4.79 Å². The Hall–Kier alpha value is -3.15. The molecule has 0 aromatic heterocycles. The van der Waals surface area contributed by atoms with Gasteiger partial charge in [-0.2, -0.15) is 0 Å². The Morgan fingerprint density at radius 3 is 2.04 bits per heavy atom. The van der Waals surface area contributed by atoms with Crippen LogP contribution >= 0.6 is 0 Å². The molecule has 1 atom stereocenters. The average molecular weight is 382 g/mol. The molecule has 0 heterocycles. The first kappa shape index (κ1) is 21.2. The molecule has 1 unspecified atom stereocenters. The van der Waals surface area contributed by atoms with Gasteiger partial charge < -0.3 is 15.4 Å². The summed E-state index contributed by atoms with van der Waals surface area (Å²) in [5, 5.41) is 5.58. The van der Waals surface area contributed by atoms with Crippen molar-refractivity contribution in [3.63, 3.8) is 0 Å². The summed E-state index contributed by atoms with van der Waals surface area (Å²) in [6.07, 6.45) is 0. The molecule has 0 saturated heterocycles. The van der Waals surface area contributed by atoms with Crippen LogP contribution in [0.15, 0.2) is 48.5 Å². The molecule has 0 bridgehead atoms. The van der Waals surface area contributed by atoms with Gasteiger partial charge in [0.25, 0.3) is 5.91 Å². The number of carbonyl (C=O) groups excluding carboxylic acids is 3. The third kappa shape index (κ3) is 5.67. The zero-order valence-electron chi connectivity index (χ0n) is 16.6. The molecule has 2 aromatic rings. The highest BCUT2D eigenvalue weighted by Crippen LogP contribution is 2.13. The van der Waals surface area contributed by atoms with E-state index in [1.165, 1.54) is 0 Å². The molecule has 6 nitrogen and oxygen atoms in total. The highest BCUT2D eigenvalue weighted by molar-refractivity contribution is 6.01. The summed E-state index contributed by atoms with van der Waals surface area (Å²) >= 11 is 0. The molecule has 0 saturated carbocycles. The van der Waals surface area contributed by atoms with Crippen LogP contribution < -0.4 is 10.6 Å². The molecular weight excluding hydrogens is 356 g/mol. The summed E-state index contributed by atoms with van der Waals surface area (Å²) in [5.74, 6) is -1.13.